The van der Waals surface area contributed by atoms with Gasteiger partial charge in [-0.2, -0.15) is 0 Å². The Bertz CT molecular complexity index is 933. The molecule has 2 aromatic carbocycles. The van der Waals surface area contributed by atoms with Crippen molar-refractivity contribution in [3.63, 3.8) is 0 Å². The molecule has 1 fully saturated rings. The average molecular weight is 401 g/mol. The lowest BCUT2D eigenvalue weighted by Gasteiger charge is -2.16. The van der Waals surface area contributed by atoms with E-state index in [1.165, 1.54) is 17.7 Å². The summed E-state index contributed by atoms with van der Waals surface area (Å²) < 4.78 is 27.4. The quantitative estimate of drug-likeness (QED) is 0.707. The minimum absolute atomic E-state index is 0.0289. The van der Waals surface area contributed by atoms with Gasteiger partial charge in [-0.25, -0.2) is 13.1 Å². The Morgan fingerprint density at radius 1 is 1.07 bits per heavy atom. The van der Waals surface area contributed by atoms with Crippen molar-refractivity contribution in [3.8, 4) is 0 Å². The predicted octanol–water partition coefficient (Wildman–Crippen LogP) is 3.82. The predicted molar refractivity (Wildman–Crippen MR) is 111 cm³/mol. The molecule has 0 saturated heterocycles. The number of carbonyl (C=O) groups is 1. The van der Waals surface area contributed by atoms with Crippen LogP contribution in [-0.4, -0.2) is 20.4 Å². The fourth-order valence-electron chi connectivity index (χ4n) is 3.07. The van der Waals surface area contributed by atoms with Crippen LogP contribution in [0.3, 0.4) is 0 Å². The Labute approximate surface area is 167 Å². The molecular formula is C22H28N2O3S. The summed E-state index contributed by atoms with van der Waals surface area (Å²) in [4.78, 5) is 12.8. The molecule has 0 spiro atoms. The third-order valence-electron chi connectivity index (χ3n) is 4.78. The zero-order chi connectivity index (χ0) is 20.3. The first-order valence-corrected chi connectivity index (χ1v) is 11.2. The second-order valence-corrected chi connectivity index (χ2v) is 9.67. The second-order valence-electron chi connectivity index (χ2n) is 7.96. The smallest absolute Gasteiger partial charge is 0.251 e. The van der Waals surface area contributed by atoms with E-state index in [-0.39, 0.29) is 22.9 Å². The lowest BCUT2D eigenvalue weighted by Crippen LogP contribution is -2.28. The van der Waals surface area contributed by atoms with Crippen LogP contribution in [0.5, 0.6) is 0 Å². The van der Waals surface area contributed by atoms with Gasteiger partial charge in [-0.15, -0.1) is 0 Å². The fourth-order valence-corrected chi connectivity index (χ4v) is 4.42. The van der Waals surface area contributed by atoms with E-state index < -0.39 is 10.0 Å². The van der Waals surface area contributed by atoms with E-state index in [2.05, 4.69) is 36.0 Å². The summed E-state index contributed by atoms with van der Waals surface area (Å²) in [5.74, 6) is 0.308. The minimum Gasteiger partial charge on any atom is -0.346 e. The van der Waals surface area contributed by atoms with E-state index >= 15 is 0 Å². The number of rotatable bonds is 8. The Balaban J connectivity index is 1.67. The van der Waals surface area contributed by atoms with Gasteiger partial charge in [0.1, 0.15) is 0 Å². The number of benzene rings is 2. The summed E-state index contributed by atoms with van der Waals surface area (Å²) in [5, 5.41) is 2.95. The lowest BCUT2D eigenvalue weighted by molar-refractivity contribution is 0.0939. The van der Waals surface area contributed by atoms with Gasteiger partial charge in [-0.05, 0) is 61.4 Å². The largest absolute Gasteiger partial charge is 0.346 e. The monoisotopic (exact) mass is 400 g/mol. The van der Waals surface area contributed by atoms with Crippen molar-refractivity contribution in [2.45, 2.75) is 57.0 Å². The molecule has 6 heteroatoms. The van der Waals surface area contributed by atoms with Gasteiger partial charge in [-0.1, -0.05) is 44.2 Å². The molecule has 1 amide bonds. The van der Waals surface area contributed by atoms with Crippen LogP contribution in [0.2, 0.25) is 0 Å². The van der Waals surface area contributed by atoms with Gasteiger partial charge < -0.3 is 5.32 Å². The Kier molecular flexibility index (Phi) is 6.20. The van der Waals surface area contributed by atoms with Gasteiger partial charge >= 0.3 is 0 Å². The third kappa shape index (κ3) is 5.42. The number of carbonyl (C=O) groups excluding carboxylic acids is 1. The Morgan fingerprint density at radius 2 is 1.75 bits per heavy atom. The van der Waals surface area contributed by atoms with Crippen LogP contribution < -0.4 is 10.0 Å². The number of hydrogen-bond donors (Lipinski definition) is 2. The van der Waals surface area contributed by atoms with Gasteiger partial charge in [0.2, 0.25) is 10.0 Å². The SMILES string of the molecule is CC(C)Cc1ccc([C@@H](C)NC(=O)c2cccc(S(=O)(=O)NC3CC3)c2)cc1. The molecule has 28 heavy (non-hydrogen) atoms. The van der Waals surface area contributed by atoms with Crippen molar-refractivity contribution in [1.29, 1.82) is 0 Å². The zero-order valence-electron chi connectivity index (χ0n) is 16.6. The molecule has 0 aromatic heterocycles. The van der Waals surface area contributed by atoms with Crippen molar-refractivity contribution in [2.75, 3.05) is 0 Å². The van der Waals surface area contributed by atoms with Crippen LogP contribution >= 0.6 is 0 Å². The molecule has 150 valence electrons. The molecule has 1 saturated carbocycles. The van der Waals surface area contributed by atoms with Gasteiger partial charge in [0.05, 0.1) is 10.9 Å². The molecule has 0 bridgehead atoms. The van der Waals surface area contributed by atoms with E-state index in [9.17, 15) is 13.2 Å². The van der Waals surface area contributed by atoms with E-state index in [4.69, 9.17) is 0 Å². The summed E-state index contributed by atoms with van der Waals surface area (Å²) in [5.41, 5.74) is 2.63. The summed E-state index contributed by atoms with van der Waals surface area (Å²) in [7, 11) is -3.58. The number of hydrogen-bond acceptors (Lipinski definition) is 3. The summed E-state index contributed by atoms with van der Waals surface area (Å²) in [6.45, 7) is 6.29. The van der Waals surface area contributed by atoms with Crippen molar-refractivity contribution >= 4 is 15.9 Å². The maximum absolute atomic E-state index is 12.6. The van der Waals surface area contributed by atoms with E-state index in [0.29, 0.717) is 11.5 Å². The van der Waals surface area contributed by atoms with Crippen LogP contribution in [0.4, 0.5) is 0 Å². The number of amides is 1. The van der Waals surface area contributed by atoms with Gasteiger partial charge in [0.25, 0.3) is 5.91 Å². The Morgan fingerprint density at radius 3 is 2.36 bits per heavy atom. The van der Waals surface area contributed by atoms with Crippen LogP contribution in [0.15, 0.2) is 53.4 Å². The normalized spacial score (nSPS) is 15.4. The molecule has 2 aromatic rings. The van der Waals surface area contributed by atoms with Crippen LogP contribution in [-0.2, 0) is 16.4 Å². The van der Waals surface area contributed by atoms with Gasteiger partial charge in [0.15, 0.2) is 0 Å². The van der Waals surface area contributed by atoms with Crippen molar-refractivity contribution in [3.05, 3.63) is 65.2 Å². The molecule has 0 radical (unpaired) electrons. The van der Waals surface area contributed by atoms with Gasteiger partial charge in [-0.3, -0.25) is 4.79 Å². The van der Waals surface area contributed by atoms with Crippen LogP contribution in [0.1, 0.15) is 61.1 Å². The molecule has 1 aliphatic rings. The highest BCUT2D eigenvalue weighted by Crippen LogP contribution is 2.23. The highest BCUT2D eigenvalue weighted by atomic mass is 32.2. The Hall–Kier alpha value is -2.18. The standard InChI is InChI=1S/C22H28N2O3S/c1-15(2)13-17-7-9-18(10-8-17)16(3)23-22(25)19-5-4-6-21(14-19)28(26,27)24-20-11-12-20/h4-10,14-16,20,24H,11-13H2,1-3H3,(H,23,25)/t16-/m1/s1. The molecule has 2 N–H and O–H groups in total. The third-order valence-corrected chi connectivity index (χ3v) is 6.30. The maximum Gasteiger partial charge on any atom is 0.251 e. The minimum atomic E-state index is -3.58. The molecule has 3 rings (SSSR count). The topological polar surface area (TPSA) is 75.3 Å². The molecule has 1 atom stereocenters. The van der Waals surface area contributed by atoms with Gasteiger partial charge in [0, 0.05) is 11.6 Å². The molecule has 0 unspecified atom stereocenters. The average Bonchev–Trinajstić information content (AvgIpc) is 3.45. The molecular weight excluding hydrogens is 372 g/mol. The summed E-state index contributed by atoms with van der Waals surface area (Å²) >= 11 is 0. The van der Waals surface area contributed by atoms with E-state index in [1.807, 2.05) is 19.1 Å². The van der Waals surface area contributed by atoms with E-state index in [1.54, 1.807) is 12.1 Å². The van der Waals surface area contributed by atoms with Crippen molar-refractivity contribution in [1.82, 2.24) is 10.0 Å². The summed E-state index contributed by atoms with van der Waals surface area (Å²) in [6, 6.07) is 14.3. The molecule has 5 nitrogen and oxygen atoms in total. The second kappa shape index (κ2) is 8.45. The van der Waals surface area contributed by atoms with Crippen molar-refractivity contribution in [2.24, 2.45) is 5.92 Å². The lowest BCUT2D eigenvalue weighted by atomic mass is 10.00. The van der Waals surface area contributed by atoms with Crippen LogP contribution in [0.25, 0.3) is 0 Å². The fraction of sp³-hybridized carbons (Fsp3) is 0.409. The number of nitrogens with one attached hydrogen (secondary N) is 2. The van der Waals surface area contributed by atoms with Crippen LogP contribution in [0, 0.1) is 5.92 Å². The van der Waals surface area contributed by atoms with E-state index in [0.717, 1.165) is 24.8 Å². The first kappa shape index (κ1) is 20.6. The zero-order valence-corrected chi connectivity index (χ0v) is 17.4. The maximum atomic E-state index is 12.6. The highest BCUT2D eigenvalue weighted by Gasteiger charge is 2.28. The first-order chi connectivity index (χ1) is 13.2. The first-order valence-electron chi connectivity index (χ1n) is 9.76. The molecule has 1 aliphatic carbocycles. The van der Waals surface area contributed by atoms with Crippen molar-refractivity contribution < 1.29 is 13.2 Å². The summed E-state index contributed by atoms with van der Waals surface area (Å²) in [6.07, 6.45) is 2.76. The molecule has 0 heterocycles. The molecule has 0 aliphatic heterocycles. The number of sulfonamides is 1. The highest BCUT2D eigenvalue weighted by molar-refractivity contribution is 7.89.